The number of β-amino-alcohol motifs (C(OH)–C–C–N with tert-alkyl or cyclic N) is 1. The van der Waals surface area contributed by atoms with E-state index in [1.807, 2.05) is 13.8 Å². The minimum Gasteiger partial charge on any atom is -0.391 e. The number of pyridine rings is 1. The fourth-order valence-electron chi connectivity index (χ4n) is 2.16. The lowest BCUT2D eigenvalue weighted by Crippen LogP contribution is -2.26. The summed E-state index contributed by atoms with van der Waals surface area (Å²) in [7, 11) is 0. The summed E-state index contributed by atoms with van der Waals surface area (Å²) in [6, 6.07) is 1.49. The highest BCUT2D eigenvalue weighted by molar-refractivity contribution is 5.10. The van der Waals surface area contributed by atoms with E-state index >= 15 is 0 Å². The zero-order valence-electron chi connectivity index (χ0n) is 9.65. The van der Waals surface area contributed by atoms with Gasteiger partial charge in [0.1, 0.15) is 5.82 Å². The second-order valence-corrected chi connectivity index (χ2v) is 5.19. The van der Waals surface area contributed by atoms with Crippen LogP contribution in [0.4, 0.5) is 4.39 Å². The number of aromatic nitrogens is 1. The highest BCUT2D eigenvalue weighted by atomic mass is 19.1. The Morgan fingerprint density at radius 2 is 2.31 bits per heavy atom. The first kappa shape index (κ1) is 11.5. The van der Waals surface area contributed by atoms with Gasteiger partial charge in [0.15, 0.2) is 0 Å². The maximum atomic E-state index is 12.9. The Hall–Kier alpha value is -1.00. The zero-order chi connectivity index (χ0) is 11.8. The molecule has 1 aliphatic heterocycles. The molecule has 2 heterocycles. The van der Waals surface area contributed by atoms with Gasteiger partial charge in [-0.05, 0) is 11.6 Å². The molecule has 16 heavy (non-hydrogen) atoms. The van der Waals surface area contributed by atoms with Crippen molar-refractivity contribution in [1.29, 1.82) is 0 Å². The number of halogens is 1. The number of hydrogen-bond acceptors (Lipinski definition) is 3. The highest BCUT2D eigenvalue weighted by Gasteiger charge is 2.37. The molecule has 0 unspecified atom stereocenters. The van der Waals surface area contributed by atoms with Crippen molar-refractivity contribution in [1.82, 2.24) is 9.88 Å². The first-order valence-electron chi connectivity index (χ1n) is 5.47. The predicted octanol–water partition coefficient (Wildman–Crippen LogP) is 1.42. The maximum absolute atomic E-state index is 12.9. The number of rotatable bonds is 2. The van der Waals surface area contributed by atoms with E-state index in [2.05, 4.69) is 9.88 Å². The monoisotopic (exact) mass is 224 g/mol. The molecule has 1 aliphatic rings. The lowest BCUT2D eigenvalue weighted by atomic mass is 9.90. The molecule has 0 aliphatic carbocycles. The Labute approximate surface area is 94.9 Å². The summed E-state index contributed by atoms with van der Waals surface area (Å²) in [5.74, 6) is -0.309. The Bertz CT molecular complexity index is 381. The van der Waals surface area contributed by atoms with Crippen LogP contribution in [0.2, 0.25) is 0 Å². The van der Waals surface area contributed by atoms with Crippen LogP contribution in [-0.2, 0) is 6.54 Å². The molecule has 1 saturated heterocycles. The summed E-state index contributed by atoms with van der Waals surface area (Å²) < 4.78 is 12.9. The maximum Gasteiger partial charge on any atom is 0.141 e. The number of hydrogen-bond donors (Lipinski definition) is 1. The Kier molecular flexibility index (Phi) is 2.95. The van der Waals surface area contributed by atoms with Crippen molar-refractivity contribution in [2.24, 2.45) is 5.41 Å². The van der Waals surface area contributed by atoms with Crippen LogP contribution in [0.5, 0.6) is 0 Å². The quantitative estimate of drug-likeness (QED) is 0.825. The molecule has 1 aromatic rings. The molecule has 0 saturated carbocycles. The average molecular weight is 224 g/mol. The number of likely N-dealkylation sites (tertiary alicyclic amines) is 1. The molecule has 2 rings (SSSR count). The van der Waals surface area contributed by atoms with Crippen LogP contribution in [0.25, 0.3) is 0 Å². The van der Waals surface area contributed by atoms with Gasteiger partial charge in [-0.15, -0.1) is 0 Å². The molecule has 0 spiro atoms. The molecular weight excluding hydrogens is 207 g/mol. The minimum absolute atomic E-state index is 0.0826. The SMILES string of the molecule is CC1(C)CN(Cc2cncc(F)c2)C[C@@H]1O. The number of aliphatic hydroxyl groups is 1. The van der Waals surface area contributed by atoms with E-state index in [1.54, 1.807) is 6.20 Å². The topological polar surface area (TPSA) is 36.4 Å². The fraction of sp³-hybridized carbons (Fsp3) is 0.583. The van der Waals surface area contributed by atoms with Gasteiger partial charge < -0.3 is 5.11 Å². The summed E-state index contributed by atoms with van der Waals surface area (Å²) in [5, 5.41) is 9.83. The third-order valence-corrected chi connectivity index (χ3v) is 3.13. The standard InChI is InChI=1S/C12H17FN2O/c1-12(2)8-15(7-11(12)16)6-9-3-10(13)5-14-4-9/h3-5,11,16H,6-8H2,1-2H3/t11-/m0/s1. The lowest BCUT2D eigenvalue weighted by Gasteiger charge is -2.21. The van der Waals surface area contributed by atoms with Gasteiger partial charge in [-0.25, -0.2) is 4.39 Å². The molecule has 1 N–H and O–H groups in total. The summed E-state index contributed by atoms with van der Waals surface area (Å²) in [6.07, 6.45) is 2.56. The van der Waals surface area contributed by atoms with Crippen molar-refractivity contribution in [2.45, 2.75) is 26.5 Å². The van der Waals surface area contributed by atoms with Crippen LogP contribution in [-0.4, -0.2) is 34.2 Å². The van der Waals surface area contributed by atoms with Crippen molar-refractivity contribution in [3.8, 4) is 0 Å². The van der Waals surface area contributed by atoms with Gasteiger partial charge in [0.05, 0.1) is 12.3 Å². The van der Waals surface area contributed by atoms with Crippen LogP contribution >= 0.6 is 0 Å². The second-order valence-electron chi connectivity index (χ2n) is 5.19. The molecule has 0 radical (unpaired) electrons. The van der Waals surface area contributed by atoms with Crippen molar-refractivity contribution >= 4 is 0 Å². The Morgan fingerprint density at radius 3 is 2.88 bits per heavy atom. The van der Waals surface area contributed by atoms with Crippen LogP contribution in [0.3, 0.4) is 0 Å². The van der Waals surface area contributed by atoms with Gasteiger partial charge in [0, 0.05) is 31.2 Å². The van der Waals surface area contributed by atoms with Crippen molar-refractivity contribution < 1.29 is 9.50 Å². The van der Waals surface area contributed by atoms with Crippen LogP contribution in [0, 0.1) is 11.2 Å². The summed E-state index contributed by atoms with van der Waals surface area (Å²) in [6.45, 7) is 6.20. The van der Waals surface area contributed by atoms with E-state index in [0.29, 0.717) is 13.1 Å². The largest absolute Gasteiger partial charge is 0.391 e. The predicted molar refractivity (Wildman–Crippen MR) is 59.3 cm³/mol. The third-order valence-electron chi connectivity index (χ3n) is 3.13. The smallest absolute Gasteiger partial charge is 0.141 e. The normalized spacial score (nSPS) is 24.9. The van der Waals surface area contributed by atoms with E-state index in [0.717, 1.165) is 12.1 Å². The fourth-order valence-corrected chi connectivity index (χ4v) is 2.16. The molecule has 1 fully saturated rings. The average Bonchev–Trinajstić information content (AvgIpc) is 2.40. The first-order valence-corrected chi connectivity index (χ1v) is 5.47. The van der Waals surface area contributed by atoms with Gasteiger partial charge in [-0.3, -0.25) is 9.88 Å². The summed E-state index contributed by atoms with van der Waals surface area (Å²) in [4.78, 5) is 5.94. The Balaban J connectivity index is 2.02. The van der Waals surface area contributed by atoms with E-state index < -0.39 is 0 Å². The van der Waals surface area contributed by atoms with E-state index in [-0.39, 0.29) is 17.3 Å². The number of aliphatic hydroxyl groups excluding tert-OH is 1. The van der Waals surface area contributed by atoms with Gasteiger partial charge in [-0.2, -0.15) is 0 Å². The molecule has 4 heteroatoms. The van der Waals surface area contributed by atoms with Crippen LogP contribution in [0.15, 0.2) is 18.5 Å². The van der Waals surface area contributed by atoms with Gasteiger partial charge in [-0.1, -0.05) is 13.8 Å². The molecule has 88 valence electrons. The molecule has 0 amide bonds. The molecule has 1 aromatic heterocycles. The molecule has 0 aromatic carbocycles. The lowest BCUT2D eigenvalue weighted by molar-refractivity contribution is 0.0954. The van der Waals surface area contributed by atoms with Gasteiger partial charge in [0.25, 0.3) is 0 Å². The molecule has 0 bridgehead atoms. The third kappa shape index (κ3) is 2.39. The number of nitrogens with zero attached hydrogens (tertiary/aromatic N) is 2. The van der Waals surface area contributed by atoms with Crippen LogP contribution in [0.1, 0.15) is 19.4 Å². The second kappa shape index (κ2) is 4.11. The van der Waals surface area contributed by atoms with E-state index in [4.69, 9.17) is 0 Å². The van der Waals surface area contributed by atoms with E-state index in [9.17, 15) is 9.50 Å². The zero-order valence-corrected chi connectivity index (χ0v) is 9.65. The van der Waals surface area contributed by atoms with Crippen molar-refractivity contribution in [2.75, 3.05) is 13.1 Å². The van der Waals surface area contributed by atoms with Crippen molar-refractivity contribution in [3.63, 3.8) is 0 Å². The first-order chi connectivity index (χ1) is 7.47. The van der Waals surface area contributed by atoms with Crippen LogP contribution < -0.4 is 0 Å². The Morgan fingerprint density at radius 1 is 1.56 bits per heavy atom. The van der Waals surface area contributed by atoms with E-state index in [1.165, 1.54) is 12.3 Å². The summed E-state index contributed by atoms with van der Waals surface area (Å²) >= 11 is 0. The van der Waals surface area contributed by atoms with Crippen molar-refractivity contribution in [3.05, 3.63) is 29.8 Å². The van der Waals surface area contributed by atoms with Gasteiger partial charge >= 0.3 is 0 Å². The molecular formula is C12H17FN2O. The highest BCUT2D eigenvalue weighted by Crippen LogP contribution is 2.30. The van der Waals surface area contributed by atoms with Gasteiger partial charge in [0.2, 0.25) is 0 Å². The molecule has 3 nitrogen and oxygen atoms in total. The minimum atomic E-state index is -0.311. The molecule has 1 atom stereocenters. The summed E-state index contributed by atoms with van der Waals surface area (Å²) in [5.41, 5.74) is 0.769.